The van der Waals surface area contributed by atoms with Gasteiger partial charge in [0.05, 0.1) is 12.2 Å². The molecule has 0 saturated carbocycles. The molecule has 1 saturated heterocycles. The fraction of sp³-hybridized carbons (Fsp3) is 0.571. The van der Waals surface area contributed by atoms with Crippen LogP contribution in [0.4, 0.5) is 13.2 Å². The molecule has 0 aromatic heterocycles. The smallest absolute Gasteiger partial charge is 0.419 e. The number of hydrogen-bond acceptors (Lipinski definition) is 2. The number of ether oxygens (including phenoxy) is 1. The number of hydrogen-bond donors (Lipinski definition) is 1. The van der Waals surface area contributed by atoms with Crippen LogP contribution in [0, 0.1) is 5.92 Å². The summed E-state index contributed by atoms with van der Waals surface area (Å²) in [5.74, 6) is 0.489. The molecule has 0 bridgehead atoms. The summed E-state index contributed by atoms with van der Waals surface area (Å²) in [6.07, 6.45) is -1.40. The van der Waals surface area contributed by atoms with Crippen LogP contribution in [0.3, 0.4) is 0 Å². The van der Waals surface area contributed by atoms with Gasteiger partial charge in [-0.3, -0.25) is 0 Å². The second kappa shape index (κ2) is 7.74. The molecule has 0 atom stereocenters. The standard InChI is InChI=1S/C14H18F3NO.ClH/c15-14(16,17)12-3-1-2-4-13(12)19-10-7-11-5-8-18-9-6-11;/h1-4,11,18H,5-10H2;1H. The third kappa shape index (κ3) is 4.87. The highest BCUT2D eigenvalue weighted by Gasteiger charge is 2.34. The highest BCUT2D eigenvalue weighted by atomic mass is 35.5. The zero-order chi connectivity index (χ0) is 13.7. The number of nitrogens with one attached hydrogen (secondary N) is 1. The molecule has 0 radical (unpaired) electrons. The SMILES string of the molecule is Cl.FC(F)(F)c1ccccc1OCCC1CCNCC1. The fourth-order valence-electron chi connectivity index (χ4n) is 2.33. The minimum atomic E-state index is -4.36. The molecule has 0 amide bonds. The fourth-order valence-corrected chi connectivity index (χ4v) is 2.33. The molecule has 20 heavy (non-hydrogen) atoms. The van der Waals surface area contributed by atoms with Crippen molar-refractivity contribution in [2.24, 2.45) is 5.92 Å². The molecule has 2 rings (SSSR count). The maximum atomic E-state index is 12.7. The second-order valence-corrected chi connectivity index (χ2v) is 4.82. The quantitative estimate of drug-likeness (QED) is 0.911. The van der Waals surface area contributed by atoms with Gasteiger partial charge in [0.1, 0.15) is 5.75 Å². The number of alkyl halides is 3. The lowest BCUT2D eigenvalue weighted by Crippen LogP contribution is -2.28. The largest absolute Gasteiger partial charge is 0.493 e. The van der Waals surface area contributed by atoms with E-state index in [4.69, 9.17) is 4.74 Å². The van der Waals surface area contributed by atoms with E-state index >= 15 is 0 Å². The van der Waals surface area contributed by atoms with Gasteiger partial charge in [0, 0.05) is 0 Å². The molecule has 1 fully saturated rings. The lowest BCUT2D eigenvalue weighted by atomic mass is 9.95. The van der Waals surface area contributed by atoms with Crippen LogP contribution in [0.1, 0.15) is 24.8 Å². The molecule has 2 nitrogen and oxygen atoms in total. The molecule has 1 aliphatic heterocycles. The summed E-state index contributed by atoms with van der Waals surface area (Å²) in [5, 5.41) is 3.26. The number of piperidine rings is 1. The van der Waals surface area contributed by atoms with Gasteiger partial charge < -0.3 is 10.1 Å². The number of benzene rings is 1. The predicted octanol–water partition coefficient (Wildman–Crippen LogP) is 3.90. The van der Waals surface area contributed by atoms with Crippen LogP contribution in [0.5, 0.6) is 5.75 Å². The molecule has 1 aromatic rings. The van der Waals surface area contributed by atoms with Crippen molar-refractivity contribution in [1.82, 2.24) is 5.32 Å². The molecule has 1 N–H and O–H groups in total. The van der Waals surface area contributed by atoms with Crippen LogP contribution in [-0.2, 0) is 6.18 Å². The van der Waals surface area contributed by atoms with Gasteiger partial charge in [-0.15, -0.1) is 12.4 Å². The van der Waals surface area contributed by atoms with Crippen LogP contribution in [-0.4, -0.2) is 19.7 Å². The van der Waals surface area contributed by atoms with E-state index in [0.29, 0.717) is 12.5 Å². The van der Waals surface area contributed by atoms with Gasteiger partial charge in [-0.2, -0.15) is 13.2 Å². The molecule has 0 aliphatic carbocycles. The van der Waals surface area contributed by atoms with E-state index in [1.54, 1.807) is 6.07 Å². The van der Waals surface area contributed by atoms with Crippen molar-refractivity contribution in [1.29, 1.82) is 0 Å². The summed E-state index contributed by atoms with van der Waals surface area (Å²) in [6, 6.07) is 5.38. The van der Waals surface area contributed by atoms with Crippen molar-refractivity contribution >= 4 is 12.4 Å². The van der Waals surface area contributed by atoms with Crippen molar-refractivity contribution in [2.45, 2.75) is 25.4 Å². The molecule has 0 unspecified atom stereocenters. The molecule has 1 heterocycles. The molecule has 114 valence electrons. The van der Waals surface area contributed by atoms with Gasteiger partial charge in [-0.1, -0.05) is 12.1 Å². The number of rotatable bonds is 4. The van der Waals surface area contributed by atoms with Crippen LogP contribution < -0.4 is 10.1 Å². The summed E-state index contributed by atoms with van der Waals surface area (Å²) in [4.78, 5) is 0. The minimum Gasteiger partial charge on any atom is -0.493 e. The van der Waals surface area contributed by atoms with Crippen molar-refractivity contribution < 1.29 is 17.9 Å². The predicted molar refractivity (Wildman–Crippen MR) is 74.4 cm³/mol. The normalized spacial score (nSPS) is 16.6. The van der Waals surface area contributed by atoms with Crippen LogP contribution >= 0.6 is 12.4 Å². The van der Waals surface area contributed by atoms with E-state index in [-0.39, 0.29) is 18.2 Å². The Bertz CT molecular complexity index is 406. The Morgan fingerprint density at radius 2 is 1.80 bits per heavy atom. The summed E-state index contributed by atoms with van der Waals surface area (Å²) in [7, 11) is 0. The zero-order valence-electron chi connectivity index (χ0n) is 11.1. The Labute approximate surface area is 123 Å². The molecule has 6 heteroatoms. The summed E-state index contributed by atoms with van der Waals surface area (Å²) < 4.78 is 43.6. The minimum absolute atomic E-state index is 0. The Morgan fingerprint density at radius 3 is 2.45 bits per heavy atom. The van der Waals surface area contributed by atoms with Crippen LogP contribution in [0.2, 0.25) is 0 Å². The van der Waals surface area contributed by atoms with Crippen molar-refractivity contribution in [3.05, 3.63) is 29.8 Å². The van der Waals surface area contributed by atoms with E-state index in [2.05, 4.69) is 5.32 Å². The van der Waals surface area contributed by atoms with Gasteiger partial charge in [0.15, 0.2) is 0 Å². The molecular weight excluding hydrogens is 291 g/mol. The number of para-hydroxylation sites is 1. The maximum Gasteiger partial charge on any atom is 0.419 e. The Morgan fingerprint density at radius 1 is 1.15 bits per heavy atom. The highest BCUT2D eigenvalue weighted by molar-refractivity contribution is 5.85. The number of halogens is 4. The van der Waals surface area contributed by atoms with Crippen molar-refractivity contribution in [3.8, 4) is 5.75 Å². The average Bonchev–Trinajstić information content (AvgIpc) is 2.39. The first kappa shape index (κ1) is 17.1. The second-order valence-electron chi connectivity index (χ2n) is 4.82. The lowest BCUT2D eigenvalue weighted by molar-refractivity contribution is -0.139. The third-order valence-corrected chi connectivity index (χ3v) is 3.43. The maximum absolute atomic E-state index is 12.7. The Kier molecular flexibility index (Phi) is 6.62. The monoisotopic (exact) mass is 309 g/mol. The van der Waals surface area contributed by atoms with Crippen molar-refractivity contribution in [3.63, 3.8) is 0 Å². The average molecular weight is 310 g/mol. The van der Waals surface area contributed by atoms with Gasteiger partial charge in [-0.05, 0) is 50.4 Å². The van der Waals surface area contributed by atoms with Crippen molar-refractivity contribution in [2.75, 3.05) is 19.7 Å². The summed E-state index contributed by atoms with van der Waals surface area (Å²) >= 11 is 0. The molecule has 1 aromatic carbocycles. The van der Waals surface area contributed by atoms with Gasteiger partial charge in [-0.25, -0.2) is 0 Å². The Balaban J connectivity index is 0.00000200. The lowest BCUT2D eigenvalue weighted by Gasteiger charge is -2.22. The van der Waals surface area contributed by atoms with E-state index in [9.17, 15) is 13.2 Å². The zero-order valence-corrected chi connectivity index (χ0v) is 11.9. The summed E-state index contributed by atoms with van der Waals surface area (Å²) in [6.45, 7) is 2.32. The highest BCUT2D eigenvalue weighted by Crippen LogP contribution is 2.36. The first-order valence-electron chi connectivity index (χ1n) is 6.57. The Hall–Kier alpha value is -0.940. The molecule has 0 spiro atoms. The van der Waals surface area contributed by atoms with Crippen LogP contribution in [0.15, 0.2) is 24.3 Å². The van der Waals surface area contributed by atoms with E-state index in [1.165, 1.54) is 12.1 Å². The first-order chi connectivity index (χ1) is 9.07. The first-order valence-corrected chi connectivity index (χ1v) is 6.57. The van der Waals surface area contributed by atoms with Crippen LogP contribution in [0.25, 0.3) is 0 Å². The van der Waals surface area contributed by atoms with E-state index < -0.39 is 11.7 Å². The third-order valence-electron chi connectivity index (χ3n) is 3.43. The topological polar surface area (TPSA) is 21.3 Å². The molecular formula is C14H19ClF3NO. The van der Waals surface area contributed by atoms with Gasteiger partial charge >= 0.3 is 6.18 Å². The van der Waals surface area contributed by atoms with Gasteiger partial charge in [0.25, 0.3) is 0 Å². The van der Waals surface area contributed by atoms with E-state index in [1.807, 2.05) is 0 Å². The summed E-state index contributed by atoms with van der Waals surface area (Å²) in [5.41, 5.74) is -0.694. The molecule has 1 aliphatic rings. The van der Waals surface area contributed by atoms with E-state index in [0.717, 1.165) is 38.4 Å². The van der Waals surface area contributed by atoms with Gasteiger partial charge in [0.2, 0.25) is 0 Å².